The number of carbonyl (C=O) groups is 2. The molecule has 3 aromatic rings. The molecule has 3 rings (SSSR count). The zero-order valence-electron chi connectivity index (χ0n) is 23.7. The molecule has 0 saturated heterocycles. The van der Waals surface area contributed by atoms with Gasteiger partial charge in [-0.25, -0.2) is 8.42 Å². The lowest BCUT2D eigenvalue weighted by Crippen LogP contribution is -2.53. The maximum absolute atomic E-state index is 14.2. The predicted octanol–water partition coefficient (Wildman–Crippen LogP) is 7.53. The molecule has 0 aliphatic rings. The molecule has 0 unspecified atom stereocenters. The lowest BCUT2D eigenvalue weighted by molar-refractivity contribution is -0.140. The molecule has 12 heteroatoms. The third kappa shape index (κ3) is 8.54. The quantitative estimate of drug-likeness (QED) is 0.216. The number of rotatable bonds is 12. The summed E-state index contributed by atoms with van der Waals surface area (Å²) in [5.74, 6) is -0.983. The minimum absolute atomic E-state index is 0.0224. The van der Waals surface area contributed by atoms with Crippen LogP contribution in [0.3, 0.4) is 0 Å². The van der Waals surface area contributed by atoms with E-state index in [2.05, 4.69) is 5.32 Å². The van der Waals surface area contributed by atoms with Gasteiger partial charge in [0.25, 0.3) is 10.0 Å². The predicted molar refractivity (Wildman–Crippen MR) is 171 cm³/mol. The van der Waals surface area contributed by atoms with Gasteiger partial charge < -0.3 is 10.2 Å². The number of nitrogens with zero attached hydrogens (tertiary/aromatic N) is 2. The number of hydrogen-bond donors (Lipinski definition) is 1. The molecular formula is C30H33Cl4N3O4S. The van der Waals surface area contributed by atoms with Crippen LogP contribution in [0.25, 0.3) is 0 Å². The van der Waals surface area contributed by atoms with Gasteiger partial charge in [-0.15, -0.1) is 0 Å². The first kappa shape index (κ1) is 34.0. The van der Waals surface area contributed by atoms with Crippen LogP contribution < -0.4 is 9.62 Å². The third-order valence-electron chi connectivity index (χ3n) is 6.77. The van der Waals surface area contributed by atoms with Crippen LogP contribution in [0.15, 0.2) is 65.6 Å². The second-order valence-electron chi connectivity index (χ2n) is 9.95. The summed E-state index contributed by atoms with van der Waals surface area (Å²) in [4.78, 5) is 28.9. The highest BCUT2D eigenvalue weighted by atomic mass is 35.5. The number of aryl methyl sites for hydroxylation is 1. The van der Waals surface area contributed by atoms with Crippen LogP contribution in [0, 0.1) is 6.92 Å². The molecule has 0 radical (unpaired) electrons. The van der Waals surface area contributed by atoms with Gasteiger partial charge in [0.15, 0.2) is 0 Å². The highest BCUT2D eigenvalue weighted by Crippen LogP contribution is 2.31. The van der Waals surface area contributed by atoms with Crippen molar-refractivity contribution in [2.45, 2.75) is 64.1 Å². The number of amides is 2. The van der Waals surface area contributed by atoms with Crippen molar-refractivity contribution < 1.29 is 18.0 Å². The molecule has 0 bridgehead atoms. The van der Waals surface area contributed by atoms with E-state index in [-0.39, 0.29) is 45.5 Å². The topological polar surface area (TPSA) is 86.8 Å². The van der Waals surface area contributed by atoms with Gasteiger partial charge in [-0.1, -0.05) is 84.0 Å². The van der Waals surface area contributed by atoms with Gasteiger partial charge in [0.1, 0.15) is 12.6 Å². The van der Waals surface area contributed by atoms with Crippen molar-refractivity contribution in [3.05, 3.63) is 91.9 Å². The molecule has 2 atom stereocenters. The second-order valence-corrected chi connectivity index (χ2v) is 13.5. The fourth-order valence-corrected chi connectivity index (χ4v) is 6.62. The first-order chi connectivity index (χ1) is 19.8. The first-order valence-electron chi connectivity index (χ1n) is 13.4. The maximum Gasteiger partial charge on any atom is 0.264 e. The van der Waals surface area contributed by atoms with E-state index in [9.17, 15) is 18.0 Å². The lowest BCUT2D eigenvalue weighted by Gasteiger charge is -2.34. The Hall–Kier alpha value is -2.49. The van der Waals surface area contributed by atoms with E-state index in [1.807, 2.05) is 20.8 Å². The number of nitrogens with one attached hydrogen (secondary N) is 1. The molecule has 0 spiro atoms. The fraction of sp³-hybridized carbons (Fsp3) is 0.333. The molecule has 0 aliphatic carbocycles. The van der Waals surface area contributed by atoms with Gasteiger partial charge in [0.2, 0.25) is 11.8 Å². The second kappa shape index (κ2) is 14.8. The van der Waals surface area contributed by atoms with E-state index in [0.717, 1.165) is 9.87 Å². The summed E-state index contributed by atoms with van der Waals surface area (Å²) in [7, 11) is -4.27. The monoisotopic (exact) mass is 671 g/mol. The Morgan fingerprint density at radius 3 is 2.02 bits per heavy atom. The minimum Gasteiger partial charge on any atom is -0.352 e. The summed E-state index contributed by atoms with van der Waals surface area (Å²) >= 11 is 25.0. The van der Waals surface area contributed by atoms with Crippen molar-refractivity contribution in [2.24, 2.45) is 0 Å². The average molecular weight is 673 g/mol. The molecule has 2 amide bonds. The van der Waals surface area contributed by atoms with Crippen molar-refractivity contribution >= 4 is 73.9 Å². The lowest BCUT2D eigenvalue weighted by atomic mass is 10.1. The fourth-order valence-electron chi connectivity index (χ4n) is 4.24. The summed E-state index contributed by atoms with van der Waals surface area (Å²) in [6, 6.07) is 14.4. The molecule has 42 heavy (non-hydrogen) atoms. The maximum atomic E-state index is 14.2. The highest BCUT2D eigenvalue weighted by molar-refractivity contribution is 7.92. The van der Waals surface area contributed by atoms with E-state index in [4.69, 9.17) is 46.4 Å². The average Bonchev–Trinajstić information content (AvgIpc) is 2.92. The standard InChI is InChI=1S/C30H33Cl4N3O4S/c1-5-20(4)35-30(39)28(6-2)36(17-21-9-10-22(31)16-27(21)34)29(38)18-37(25-14-23(32)13-24(33)15-25)42(40,41)26-11-7-19(3)8-12-26/h7-16,20,28H,5-6,17-18H2,1-4H3,(H,35,39)/t20-,28-/m0/s1. The van der Waals surface area contributed by atoms with Crippen molar-refractivity contribution in [1.29, 1.82) is 0 Å². The Labute approximate surface area is 267 Å². The van der Waals surface area contributed by atoms with Gasteiger partial charge in [-0.2, -0.15) is 0 Å². The zero-order valence-corrected chi connectivity index (χ0v) is 27.5. The van der Waals surface area contributed by atoms with Gasteiger partial charge >= 0.3 is 0 Å². The van der Waals surface area contributed by atoms with E-state index < -0.39 is 28.5 Å². The molecule has 0 saturated carbocycles. The van der Waals surface area contributed by atoms with Gasteiger partial charge in [0.05, 0.1) is 10.6 Å². The number of carbonyl (C=O) groups excluding carboxylic acids is 2. The van der Waals surface area contributed by atoms with Gasteiger partial charge in [-0.3, -0.25) is 13.9 Å². The zero-order chi connectivity index (χ0) is 31.2. The molecule has 226 valence electrons. The molecule has 0 aromatic heterocycles. The van der Waals surface area contributed by atoms with E-state index in [1.54, 1.807) is 37.3 Å². The molecule has 0 aliphatic heterocycles. The van der Waals surface area contributed by atoms with Crippen LogP contribution in [-0.4, -0.2) is 43.8 Å². The Bertz CT molecular complexity index is 1510. The molecule has 0 heterocycles. The number of benzene rings is 3. The SMILES string of the molecule is CC[C@H](C)NC(=O)[C@H](CC)N(Cc1ccc(Cl)cc1Cl)C(=O)CN(c1cc(Cl)cc(Cl)c1)S(=O)(=O)c1ccc(C)cc1. The molecule has 3 aromatic carbocycles. The van der Waals surface area contributed by atoms with Crippen LogP contribution >= 0.6 is 46.4 Å². The van der Waals surface area contributed by atoms with Crippen LogP contribution in [0.2, 0.25) is 20.1 Å². The summed E-state index contributed by atoms with van der Waals surface area (Å²) in [5, 5.41) is 4.04. The van der Waals surface area contributed by atoms with Gasteiger partial charge in [0, 0.05) is 32.7 Å². The van der Waals surface area contributed by atoms with Crippen LogP contribution in [0.5, 0.6) is 0 Å². The molecule has 1 N–H and O–H groups in total. The smallest absolute Gasteiger partial charge is 0.264 e. The number of hydrogen-bond acceptors (Lipinski definition) is 4. The number of halogens is 4. The van der Waals surface area contributed by atoms with Crippen LogP contribution in [0.1, 0.15) is 44.7 Å². The molecule has 7 nitrogen and oxygen atoms in total. The van der Waals surface area contributed by atoms with Crippen LogP contribution in [-0.2, 0) is 26.2 Å². The number of sulfonamides is 1. The van der Waals surface area contributed by atoms with E-state index >= 15 is 0 Å². The van der Waals surface area contributed by atoms with Crippen molar-refractivity contribution in [1.82, 2.24) is 10.2 Å². The normalized spacial score (nSPS) is 12.9. The van der Waals surface area contributed by atoms with Gasteiger partial charge in [-0.05, 0) is 74.7 Å². The minimum atomic E-state index is -4.27. The Morgan fingerprint density at radius 1 is 0.857 bits per heavy atom. The highest BCUT2D eigenvalue weighted by Gasteiger charge is 2.34. The summed E-state index contributed by atoms with van der Waals surface area (Å²) in [6.07, 6.45) is 0.962. The molecular weight excluding hydrogens is 640 g/mol. The third-order valence-corrected chi connectivity index (χ3v) is 9.58. The van der Waals surface area contributed by atoms with Crippen molar-refractivity contribution in [2.75, 3.05) is 10.8 Å². The summed E-state index contributed by atoms with van der Waals surface area (Å²) in [6.45, 7) is 6.73. The largest absolute Gasteiger partial charge is 0.352 e. The van der Waals surface area contributed by atoms with Crippen LogP contribution in [0.4, 0.5) is 5.69 Å². The van der Waals surface area contributed by atoms with E-state index in [0.29, 0.717) is 22.0 Å². The Kier molecular flexibility index (Phi) is 12.0. The Morgan fingerprint density at radius 2 is 1.48 bits per heavy atom. The summed E-state index contributed by atoms with van der Waals surface area (Å²) < 4.78 is 28.9. The van der Waals surface area contributed by atoms with Crippen molar-refractivity contribution in [3.8, 4) is 0 Å². The van der Waals surface area contributed by atoms with E-state index in [1.165, 1.54) is 35.2 Å². The summed E-state index contributed by atoms with van der Waals surface area (Å²) in [5.41, 5.74) is 1.51. The molecule has 0 fully saturated rings. The van der Waals surface area contributed by atoms with Crippen molar-refractivity contribution in [3.63, 3.8) is 0 Å². The number of anilines is 1. The first-order valence-corrected chi connectivity index (χ1v) is 16.3. The Balaban J connectivity index is 2.12.